The lowest BCUT2D eigenvalue weighted by atomic mass is 10.2. The monoisotopic (exact) mass is 479 g/mol. The molecule has 1 saturated heterocycles. The van der Waals surface area contributed by atoms with Crippen LogP contribution in [-0.2, 0) is 14.4 Å². The predicted molar refractivity (Wildman–Crippen MR) is 127 cm³/mol. The minimum atomic E-state index is -0.429. The zero-order valence-corrected chi connectivity index (χ0v) is 18.8. The number of amides is 4. The molecule has 0 aliphatic carbocycles. The Morgan fingerprint density at radius 3 is 2.62 bits per heavy atom. The minimum Gasteiger partial charge on any atom is -0.454 e. The summed E-state index contributed by atoms with van der Waals surface area (Å²) in [5.74, 6) is -0.0491. The number of imide groups is 1. The van der Waals surface area contributed by atoms with Gasteiger partial charge in [-0.2, -0.15) is 0 Å². The average molecular weight is 480 g/mol. The molecule has 0 spiro atoms. The molecule has 0 unspecified atom stereocenters. The number of ether oxygens (including phenoxy) is 2. The van der Waals surface area contributed by atoms with E-state index in [-0.39, 0.29) is 31.3 Å². The SMILES string of the molecule is O=C(/C=C/c1ccccc1)NCC(=O)NCCN1C(=O)S/C(=C/c2ccc3c(c2)OCO3)C1=O. The Morgan fingerprint density at radius 1 is 1.00 bits per heavy atom. The van der Waals surface area contributed by atoms with E-state index < -0.39 is 23.0 Å². The summed E-state index contributed by atoms with van der Waals surface area (Å²) in [4.78, 5) is 50.1. The lowest BCUT2D eigenvalue weighted by Crippen LogP contribution is -2.41. The molecule has 2 aliphatic rings. The number of carbonyl (C=O) groups is 4. The van der Waals surface area contributed by atoms with Crippen LogP contribution in [0.2, 0.25) is 0 Å². The fraction of sp³-hybridized carbons (Fsp3) is 0.167. The molecule has 0 saturated carbocycles. The summed E-state index contributed by atoms with van der Waals surface area (Å²) in [5, 5.41) is 4.66. The van der Waals surface area contributed by atoms with Gasteiger partial charge in [-0.15, -0.1) is 0 Å². The fourth-order valence-corrected chi connectivity index (χ4v) is 4.04. The molecule has 2 aromatic rings. The molecule has 174 valence electrons. The summed E-state index contributed by atoms with van der Waals surface area (Å²) < 4.78 is 10.6. The van der Waals surface area contributed by atoms with E-state index in [1.807, 2.05) is 30.3 Å². The first-order chi connectivity index (χ1) is 16.5. The molecular weight excluding hydrogens is 458 g/mol. The van der Waals surface area contributed by atoms with Gasteiger partial charge in [0, 0.05) is 19.2 Å². The van der Waals surface area contributed by atoms with Crippen LogP contribution in [0, 0.1) is 0 Å². The highest BCUT2D eigenvalue weighted by atomic mass is 32.2. The van der Waals surface area contributed by atoms with Crippen LogP contribution < -0.4 is 20.1 Å². The number of benzene rings is 2. The van der Waals surface area contributed by atoms with E-state index in [4.69, 9.17) is 9.47 Å². The van der Waals surface area contributed by atoms with Gasteiger partial charge in [0.15, 0.2) is 11.5 Å². The molecule has 2 aromatic carbocycles. The van der Waals surface area contributed by atoms with Gasteiger partial charge < -0.3 is 20.1 Å². The Morgan fingerprint density at radius 2 is 1.79 bits per heavy atom. The van der Waals surface area contributed by atoms with Crippen LogP contribution in [0.5, 0.6) is 11.5 Å². The maximum atomic E-state index is 12.6. The Hall–Kier alpha value is -4.05. The van der Waals surface area contributed by atoms with E-state index in [9.17, 15) is 19.2 Å². The van der Waals surface area contributed by atoms with Gasteiger partial charge in [0.05, 0.1) is 11.4 Å². The molecule has 4 amide bonds. The Kier molecular flexibility index (Phi) is 7.28. The number of nitrogens with one attached hydrogen (secondary N) is 2. The van der Waals surface area contributed by atoms with E-state index in [1.54, 1.807) is 30.4 Å². The van der Waals surface area contributed by atoms with Crippen molar-refractivity contribution in [2.24, 2.45) is 0 Å². The van der Waals surface area contributed by atoms with Crippen molar-refractivity contribution in [2.45, 2.75) is 0 Å². The van der Waals surface area contributed by atoms with Crippen molar-refractivity contribution in [1.82, 2.24) is 15.5 Å². The maximum Gasteiger partial charge on any atom is 0.293 e. The van der Waals surface area contributed by atoms with E-state index in [2.05, 4.69) is 10.6 Å². The molecule has 2 heterocycles. The summed E-state index contributed by atoms with van der Waals surface area (Å²) in [5.41, 5.74) is 1.58. The number of carbonyl (C=O) groups excluding carboxylic acids is 4. The summed E-state index contributed by atoms with van der Waals surface area (Å²) in [6.45, 7) is 0.0274. The smallest absolute Gasteiger partial charge is 0.293 e. The van der Waals surface area contributed by atoms with Crippen LogP contribution in [-0.4, -0.2) is 54.3 Å². The second-order valence-corrected chi connectivity index (χ2v) is 8.25. The molecule has 4 rings (SSSR count). The van der Waals surface area contributed by atoms with Crippen LogP contribution in [0.3, 0.4) is 0 Å². The van der Waals surface area contributed by atoms with Gasteiger partial charge in [-0.25, -0.2) is 0 Å². The second-order valence-electron chi connectivity index (χ2n) is 7.26. The molecule has 0 atom stereocenters. The first kappa shape index (κ1) is 23.1. The summed E-state index contributed by atoms with van der Waals surface area (Å²) >= 11 is 0.836. The van der Waals surface area contributed by atoms with Crippen molar-refractivity contribution in [3.63, 3.8) is 0 Å². The highest BCUT2D eigenvalue weighted by Gasteiger charge is 2.34. The van der Waals surface area contributed by atoms with Crippen molar-refractivity contribution >= 4 is 46.9 Å². The van der Waals surface area contributed by atoms with Crippen molar-refractivity contribution < 1.29 is 28.7 Å². The number of thioether (sulfide) groups is 1. The Balaban J connectivity index is 1.21. The topological polar surface area (TPSA) is 114 Å². The second kappa shape index (κ2) is 10.7. The number of hydrogen-bond donors (Lipinski definition) is 2. The van der Waals surface area contributed by atoms with Crippen molar-refractivity contribution in [3.8, 4) is 11.5 Å². The molecule has 9 nitrogen and oxygen atoms in total. The largest absolute Gasteiger partial charge is 0.454 e. The molecule has 0 bridgehead atoms. The van der Waals surface area contributed by atoms with Gasteiger partial charge in [-0.1, -0.05) is 36.4 Å². The minimum absolute atomic E-state index is 0.0245. The van der Waals surface area contributed by atoms with Crippen LogP contribution in [0.25, 0.3) is 12.2 Å². The first-order valence-electron chi connectivity index (χ1n) is 10.4. The van der Waals surface area contributed by atoms with Gasteiger partial charge in [-0.3, -0.25) is 24.1 Å². The molecule has 2 N–H and O–H groups in total. The van der Waals surface area contributed by atoms with Crippen LogP contribution in [0.15, 0.2) is 59.5 Å². The predicted octanol–water partition coefficient (Wildman–Crippen LogP) is 2.40. The van der Waals surface area contributed by atoms with Gasteiger partial charge in [0.25, 0.3) is 11.1 Å². The van der Waals surface area contributed by atoms with E-state index in [0.717, 1.165) is 22.2 Å². The quantitative estimate of drug-likeness (QED) is 0.559. The Bertz CT molecular complexity index is 1180. The van der Waals surface area contributed by atoms with Crippen molar-refractivity contribution in [1.29, 1.82) is 0 Å². The number of rotatable bonds is 8. The van der Waals surface area contributed by atoms with Gasteiger partial charge >= 0.3 is 0 Å². The summed E-state index contributed by atoms with van der Waals surface area (Å²) in [7, 11) is 0. The third-order valence-electron chi connectivity index (χ3n) is 4.88. The maximum absolute atomic E-state index is 12.6. The molecule has 10 heteroatoms. The fourth-order valence-electron chi connectivity index (χ4n) is 3.18. The normalized spacial score (nSPS) is 15.9. The molecule has 1 fully saturated rings. The van der Waals surface area contributed by atoms with Crippen LogP contribution >= 0.6 is 11.8 Å². The summed E-state index contributed by atoms with van der Waals surface area (Å²) in [6.07, 6.45) is 4.60. The lowest BCUT2D eigenvalue weighted by Gasteiger charge is -2.13. The van der Waals surface area contributed by atoms with Crippen LogP contribution in [0.1, 0.15) is 11.1 Å². The van der Waals surface area contributed by atoms with Crippen molar-refractivity contribution in [2.75, 3.05) is 26.4 Å². The standard InChI is InChI=1S/C24H21N3O6S/c28-21(9-7-16-4-2-1-3-5-16)26-14-22(29)25-10-11-27-23(30)20(34-24(27)31)13-17-6-8-18-19(12-17)33-15-32-18/h1-9,12-13H,10-11,14-15H2,(H,25,29)(H,26,28)/b9-7+,20-13+. The highest BCUT2D eigenvalue weighted by molar-refractivity contribution is 8.18. The third-order valence-corrected chi connectivity index (χ3v) is 5.78. The van der Waals surface area contributed by atoms with Gasteiger partial charge in [-0.05, 0) is 47.2 Å². The third kappa shape index (κ3) is 5.84. The molecule has 0 aromatic heterocycles. The zero-order valence-electron chi connectivity index (χ0n) is 18.0. The summed E-state index contributed by atoms with van der Waals surface area (Å²) in [6, 6.07) is 14.5. The number of fused-ring (bicyclic) bond motifs is 1. The van der Waals surface area contributed by atoms with Crippen molar-refractivity contribution in [3.05, 3.63) is 70.6 Å². The van der Waals surface area contributed by atoms with Gasteiger partial charge in [0.1, 0.15) is 0 Å². The molecular formula is C24H21N3O6S. The van der Waals surface area contributed by atoms with Gasteiger partial charge in [0.2, 0.25) is 18.6 Å². The average Bonchev–Trinajstić information content (AvgIpc) is 3.41. The highest BCUT2D eigenvalue weighted by Crippen LogP contribution is 2.36. The number of hydrogen-bond acceptors (Lipinski definition) is 7. The van der Waals surface area contributed by atoms with E-state index in [0.29, 0.717) is 17.1 Å². The Labute approximate surface area is 199 Å². The van der Waals surface area contributed by atoms with E-state index >= 15 is 0 Å². The lowest BCUT2D eigenvalue weighted by molar-refractivity contribution is -0.125. The molecule has 0 radical (unpaired) electrons. The molecule has 34 heavy (non-hydrogen) atoms. The number of nitrogens with zero attached hydrogens (tertiary/aromatic N) is 1. The zero-order chi connectivity index (χ0) is 23.9. The molecule has 2 aliphatic heterocycles. The van der Waals surface area contributed by atoms with E-state index in [1.165, 1.54) is 6.08 Å². The van der Waals surface area contributed by atoms with Crippen LogP contribution in [0.4, 0.5) is 4.79 Å². The first-order valence-corrected chi connectivity index (χ1v) is 11.2.